The van der Waals surface area contributed by atoms with Crippen LogP contribution in [0, 0.1) is 5.92 Å². The largest absolute Gasteiger partial charge is 0.463 e. The summed E-state index contributed by atoms with van der Waals surface area (Å²) in [6.45, 7) is 9.11. The van der Waals surface area contributed by atoms with Crippen molar-refractivity contribution in [1.82, 2.24) is 5.32 Å². The fraction of sp³-hybridized carbons (Fsp3) is 0.833. The number of guanidine groups is 1. The van der Waals surface area contributed by atoms with Gasteiger partial charge in [-0.2, -0.15) is 0 Å². The van der Waals surface area contributed by atoms with Crippen LogP contribution in [0.4, 0.5) is 0 Å². The fourth-order valence-electron chi connectivity index (χ4n) is 1.11. The molecule has 17 heavy (non-hydrogen) atoms. The predicted octanol–water partition coefficient (Wildman–Crippen LogP) is 1.28. The van der Waals surface area contributed by atoms with Crippen molar-refractivity contribution in [1.29, 1.82) is 0 Å². The van der Waals surface area contributed by atoms with Crippen LogP contribution in [0.15, 0.2) is 4.99 Å². The minimum Gasteiger partial charge on any atom is -0.463 e. The zero-order valence-electron chi connectivity index (χ0n) is 11.3. The Hall–Kier alpha value is -1.26. The van der Waals surface area contributed by atoms with E-state index in [-0.39, 0.29) is 12.1 Å². The van der Waals surface area contributed by atoms with Crippen molar-refractivity contribution in [2.24, 2.45) is 16.6 Å². The molecule has 0 fully saturated rings. The average Bonchev–Trinajstić information content (AvgIpc) is 2.15. The van der Waals surface area contributed by atoms with Crippen LogP contribution in [0.1, 0.15) is 40.5 Å². The van der Waals surface area contributed by atoms with Crippen LogP contribution in [-0.4, -0.2) is 31.1 Å². The molecule has 0 rings (SSSR count). The van der Waals surface area contributed by atoms with Crippen molar-refractivity contribution < 1.29 is 9.53 Å². The molecular formula is C12H25N3O2. The normalized spacial score (nSPS) is 12.0. The molecule has 0 aliphatic heterocycles. The second kappa shape index (κ2) is 8.84. The Morgan fingerprint density at radius 3 is 2.53 bits per heavy atom. The molecule has 0 aromatic carbocycles. The van der Waals surface area contributed by atoms with E-state index >= 15 is 0 Å². The number of rotatable bonds is 7. The number of carbonyl (C=O) groups is 1. The number of nitrogens with zero attached hydrogens (tertiary/aromatic N) is 1. The van der Waals surface area contributed by atoms with Crippen LogP contribution in [0.5, 0.6) is 0 Å². The van der Waals surface area contributed by atoms with E-state index in [0.717, 1.165) is 6.42 Å². The summed E-state index contributed by atoms with van der Waals surface area (Å²) < 4.78 is 4.98. The number of esters is 1. The number of nitrogens with one attached hydrogen (secondary N) is 1. The average molecular weight is 243 g/mol. The quantitative estimate of drug-likeness (QED) is 0.401. The summed E-state index contributed by atoms with van der Waals surface area (Å²) in [5.74, 6) is 0.790. The van der Waals surface area contributed by atoms with Gasteiger partial charge in [0.25, 0.3) is 0 Å². The van der Waals surface area contributed by atoms with Gasteiger partial charge in [0.05, 0.1) is 12.5 Å². The van der Waals surface area contributed by atoms with E-state index in [0.29, 0.717) is 31.4 Å². The van der Waals surface area contributed by atoms with Crippen molar-refractivity contribution >= 4 is 11.9 Å². The van der Waals surface area contributed by atoms with Crippen molar-refractivity contribution in [3.63, 3.8) is 0 Å². The van der Waals surface area contributed by atoms with E-state index in [1.54, 1.807) is 0 Å². The highest BCUT2D eigenvalue weighted by molar-refractivity contribution is 5.78. The molecule has 0 aliphatic rings. The summed E-state index contributed by atoms with van der Waals surface area (Å²) in [5, 5.41) is 2.89. The number of ether oxygens (including phenoxy) is 1. The van der Waals surface area contributed by atoms with Gasteiger partial charge >= 0.3 is 5.97 Å². The van der Waals surface area contributed by atoms with Gasteiger partial charge in [-0.1, -0.05) is 13.8 Å². The first-order valence-electron chi connectivity index (χ1n) is 6.15. The minimum absolute atomic E-state index is 0.0699. The Labute approximate surface area is 104 Å². The molecule has 0 amide bonds. The third-order valence-corrected chi connectivity index (χ3v) is 1.99. The number of carbonyl (C=O) groups excluding carboxylic acids is 1. The van der Waals surface area contributed by atoms with Crippen LogP contribution in [0.2, 0.25) is 0 Å². The number of hydrogen-bond donors (Lipinski definition) is 2. The molecule has 0 aromatic heterocycles. The summed E-state index contributed by atoms with van der Waals surface area (Å²) in [6.07, 6.45) is 1.25. The maximum absolute atomic E-state index is 11.2. The lowest BCUT2D eigenvalue weighted by atomic mass is 10.1. The highest BCUT2D eigenvalue weighted by Crippen LogP contribution is 1.98. The highest BCUT2D eigenvalue weighted by Gasteiger charge is 2.04. The van der Waals surface area contributed by atoms with E-state index in [4.69, 9.17) is 10.5 Å². The van der Waals surface area contributed by atoms with Crippen LogP contribution in [0.25, 0.3) is 0 Å². The minimum atomic E-state index is -0.220. The molecule has 0 spiro atoms. The van der Waals surface area contributed by atoms with Crippen LogP contribution < -0.4 is 11.1 Å². The maximum atomic E-state index is 11.2. The summed E-state index contributed by atoms with van der Waals surface area (Å²) >= 11 is 0. The molecule has 0 saturated heterocycles. The van der Waals surface area contributed by atoms with Crippen LogP contribution in [-0.2, 0) is 9.53 Å². The van der Waals surface area contributed by atoms with E-state index in [1.807, 2.05) is 13.8 Å². The van der Waals surface area contributed by atoms with Crippen molar-refractivity contribution in [3.05, 3.63) is 0 Å². The second-order valence-electron chi connectivity index (χ2n) is 4.66. The van der Waals surface area contributed by atoms with Gasteiger partial charge < -0.3 is 15.8 Å². The third kappa shape index (κ3) is 11.0. The number of nitrogens with two attached hydrogens (primary N) is 1. The summed E-state index contributed by atoms with van der Waals surface area (Å²) in [5.41, 5.74) is 5.63. The van der Waals surface area contributed by atoms with Crippen molar-refractivity contribution in [2.75, 3.05) is 13.1 Å². The van der Waals surface area contributed by atoms with E-state index < -0.39 is 0 Å². The molecule has 3 N–H and O–H groups in total. The number of hydrogen-bond acceptors (Lipinski definition) is 3. The molecule has 0 aliphatic carbocycles. The van der Waals surface area contributed by atoms with Gasteiger partial charge in [-0.05, 0) is 26.2 Å². The van der Waals surface area contributed by atoms with Gasteiger partial charge in [-0.3, -0.25) is 9.79 Å². The topological polar surface area (TPSA) is 76.7 Å². The third-order valence-electron chi connectivity index (χ3n) is 1.99. The zero-order valence-corrected chi connectivity index (χ0v) is 11.3. The smallest absolute Gasteiger partial charge is 0.307 e. The van der Waals surface area contributed by atoms with E-state index in [2.05, 4.69) is 24.2 Å². The summed E-state index contributed by atoms with van der Waals surface area (Å²) in [6, 6.07) is 0. The monoisotopic (exact) mass is 243 g/mol. The summed E-state index contributed by atoms with van der Waals surface area (Å²) in [7, 11) is 0. The molecule has 0 heterocycles. The lowest BCUT2D eigenvalue weighted by Gasteiger charge is -2.09. The SMILES string of the molecule is CC(C)CCN=C(N)NCCC(=O)OC(C)C. The Morgan fingerprint density at radius 1 is 1.35 bits per heavy atom. The summed E-state index contributed by atoms with van der Waals surface area (Å²) in [4.78, 5) is 15.3. The predicted molar refractivity (Wildman–Crippen MR) is 69.8 cm³/mol. The Kier molecular flexibility index (Phi) is 8.19. The fourth-order valence-corrected chi connectivity index (χ4v) is 1.11. The molecule has 0 aromatic rings. The van der Waals surface area contributed by atoms with Gasteiger partial charge in [0, 0.05) is 13.1 Å². The van der Waals surface area contributed by atoms with Gasteiger partial charge in [-0.25, -0.2) is 0 Å². The number of aliphatic imine (C=N–C) groups is 1. The second-order valence-corrected chi connectivity index (χ2v) is 4.66. The lowest BCUT2D eigenvalue weighted by molar-refractivity contribution is -0.147. The molecule has 0 bridgehead atoms. The molecule has 5 nitrogen and oxygen atoms in total. The molecule has 0 atom stereocenters. The molecule has 100 valence electrons. The van der Waals surface area contributed by atoms with Gasteiger partial charge in [0.15, 0.2) is 5.96 Å². The van der Waals surface area contributed by atoms with E-state index in [9.17, 15) is 4.79 Å². The van der Waals surface area contributed by atoms with Gasteiger partial charge in [-0.15, -0.1) is 0 Å². The molecule has 0 unspecified atom stereocenters. The van der Waals surface area contributed by atoms with Crippen LogP contribution >= 0.6 is 0 Å². The first-order chi connectivity index (χ1) is 7.91. The van der Waals surface area contributed by atoms with Crippen molar-refractivity contribution in [3.8, 4) is 0 Å². The molecule has 0 saturated carbocycles. The zero-order chi connectivity index (χ0) is 13.3. The standard InChI is InChI=1S/C12H25N3O2/c1-9(2)5-7-14-12(13)15-8-6-11(16)17-10(3)4/h9-10H,5-8H2,1-4H3,(H3,13,14,15). The van der Waals surface area contributed by atoms with Crippen LogP contribution in [0.3, 0.4) is 0 Å². The Bertz CT molecular complexity index is 250. The molecule has 5 heteroatoms. The van der Waals surface area contributed by atoms with E-state index in [1.165, 1.54) is 0 Å². The molecular weight excluding hydrogens is 218 g/mol. The Balaban J connectivity index is 3.63. The lowest BCUT2D eigenvalue weighted by Crippen LogP contribution is -2.34. The van der Waals surface area contributed by atoms with Gasteiger partial charge in [0.1, 0.15) is 0 Å². The first kappa shape index (κ1) is 15.7. The highest BCUT2D eigenvalue weighted by atomic mass is 16.5. The maximum Gasteiger partial charge on any atom is 0.307 e. The van der Waals surface area contributed by atoms with Crippen molar-refractivity contribution in [2.45, 2.75) is 46.6 Å². The Morgan fingerprint density at radius 2 is 2.00 bits per heavy atom. The first-order valence-corrected chi connectivity index (χ1v) is 6.15. The molecule has 0 radical (unpaired) electrons. The van der Waals surface area contributed by atoms with Gasteiger partial charge in [0.2, 0.25) is 0 Å².